The van der Waals surface area contributed by atoms with Gasteiger partial charge in [-0.3, -0.25) is 9.59 Å². The number of hydrogen-bond donors (Lipinski definition) is 2. The van der Waals surface area contributed by atoms with Gasteiger partial charge in [0.2, 0.25) is 5.91 Å². The fraction of sp³-hybridized carbons (Fsp3) is 0.579. The summed E-state index contributed by atoms with van der Waals surface area (Å²) in [5, 5.41) is 12.1. The zero-order chi connectivity index (χ0) is 17.9. The van der Waals surface area contributed by atoms with Gasteiger partial charge in [-0.25, -0.2) is 0 Å². The molecule has 1 aliphatic carbocycles. The number of nitrogens with one attached hydrogen (secondary N) is 1. The standard InChI is InChI=1S/C19H27NO4/c1-12(2)24-14-10-8-13(9-11-14)15-6-5-7-16(15)20-17(21)19(3,4)18(22)23/h8-12,15-16H,5-7H2,1-4H3,(H,20,21)(H,22,23). The maximum atomic E-state index is 12.3. The van der Waals surface area contributed by atoms with Gasteiger partial charge in [0, 0.05) is 12.0 Å². The molecule has 2 unspecified atom stereocenters. The lowest BCUT2D eigenvalue weighted by atomic mass is 9.90. The van der Waals surface area contributed by atoms with E-state index in [9.17, 15) is 14.7 Å². The van der Waals surface area contributed by atoms with Crippen LogP contribution in [0.4, 0.5) is 0 Å². The Hall–Kier alpha value is -2.04. The first-order valence-electron chi connectivity index (χ1n) is 8.52. The maximum absolute atomic E-state index is 12.3. The number of carboxylic acid groups (broad SMARTS) is 1. The highest BCUT2D eigenvalue weighted by Crippen LogP contribution is 2.36. The lowest BCUT2D eigenvalue weighted by Crippen LogP contribution is -2.47. The molecule has 0 radical (unpaired) electrons. The van der Waals surface area contributed by atoms with E-state index in [0.29, 0.717) is 0 Å². The van der Waals surface area contributed by atoms with Crippen LogP contribution in [0, 0.1) is 5.41 Å². The van der Waals surface area contributed by atoms with E-state index in [0.717, 1.165) is 30.6 Å². The third-order valence-electron chi connectivity index (χ3n) is 4.61. The summed E-state index contributed by atoms with van der Waals surface area (Å²) in [6.07, 6.45) is 3.01. The summed E-state index contributed by atoms with van der Waals surface area (Å²) >= 11 is 0. The number of aliphatic carboxylic acids is 1. The summed E-state index contributed by atoms with van der Waals surface area (Å²) in [6.45, 7) is 6.85. The van der Waals surface area contributed by atoms with Crippen molar-refractivity contribution in [3.05, 3.63) is 29.8 Å². The average Bonchev–Trinajstić information content (AvgIpc) is 2.95. The molecule has 1 saturated carbocycles. The van der Waals surface area contributed by atoms with Crippen molar-refractivity contribution in [2.24, 2.45) is 5.41 Å². The SMILES string of the molecule is CC(C)Oc1ccc(C2CCCC2NC(=O)C(C)(C)C(=O)O)cc1. The number of carbonyl (C=O) groups excluding carboxylic acids is 1. The molecular formula is C19H27NO4. The topological polar surface area (TPSA) is 75.6 Å². The minimum Gasteiger partial charge on any atom is -0.491 e. The van der Waals surface area contributed by atoms with Crippen LogP contribution in [-0.2, 0) is 9.59 Å². The van der Waals surface area contributed by atoms with E-state index < -0.39 is 17.3 Å². The smallest absolute Gasteiger partial charge is 0.318 e. The van der Waals surface area contributed by atoms with Gasteiger partial charge in [0.1, 0.15) is 11.2 Å². The van der Waals surface area contributed by atoms with Crippen LogP contribution in [0.5, 0.6) is 5.75 Å². The predicted molar refractivity (Wildman–Crippen MR) is 92.1 cm³/mol. The van der Waals surface area contributed by atoms with Gasteiger partial charge >= 0.3 is 5.97 Å². The Balaban J connectivity index is 2.07. The van der Waals surface area contributed by atoms with Crippen molar-refractivity contribution in [3.8, 4) is 5.75 Å². The first-order valence-corrected chi connectivity index (χ1v) is 8.52. The Kier molecular flexibility index (Phi) is 5.52. The Bertz CT molecular complexity index is 592. The van der Waals surface area contributed by atoms with Crippen molar-refractivity contribution in [3.63, 3.8) is 0 Å². The molecule has 1 aromatic carbocycles. The summed E-state index contributed by atoms with van der Waals surface area (Å²) in [4.78, 5) is 23.5. The molecule has 1 aliphatic rings. The summed E-state index contributed by atoms with van der Waals surface area (Å²) in [5.41, 5.74) is -0.260. The van der Waals surface area contributed by atoms with Crippen LogP contribution in [0.1, 0.15) is 58.4 Å². The lowest BCUT2D eigenvalue weighted by Gasteiger charge is -2.26. The van der Waals surface area contributed by atoms with E-state index >= 15 is 0 Å². The Morgan fingerprint density at radius 3 is 2.38 bits per heavy atom. The zero-order valence-electron chi connectivity index (χ0n) is 14.8. The summed E-state index contributed by atoms with van der Waals surface area (Å²) in [6, 6.07) is 7.96. The first-order chi connectivity index (χ1) is 11.2. The highest BCUT2D eigenvalue weighted by molar-refractivity contribution is 6.01. The molecule has 5 nitrogen and oxygen atoms in total. The molecule has 2 atom stereocenters. The van der Waals surface area contributed by atoms with Crippen molar-refractivity contribution in [2.75, 3.05) is 0 Å². The second-order valence-corrected chi connectivity index (χ2v) is 7.28. The van der Waals surface area contributed by atoms with Gasteiger partial charge in [-0.2, -0.15) is 0 Å². The molecule has 0 aliphatic heterocycles. The fourth-order valence-electron chi connectivity index (χ4n) is 3.04. The zero-order valence-corrected chi connectivity index (χ0v) is 14.8. The minimum atomic E-state index is -1.41. The Morgan fingerprint density at radius 2 is 1.83 bits per heavy atom. The van der Waals surface area contributed by atoms with Gasteiger partial charge in [-0.1, -0.05) is 18.6 Å². The molecule has 0 spiro atoms. The molecule has 2 N–H and O–H groups in total. The van der Waals surface area contributed by atoms with Crippen molar-refractivity contribution >= 4 is 11.9 Å². The van der Waals surface area contributed by atoms with Gasteiger partial charge < -0.3 is 15.2 Å². The van der Waals surface area contributed by atoms with Crippen LogP contribution < -0.4 is 10.1 Å². The second kappa shape index (κ2) is 7.24. The van der Waals surface area contributed by atoms with Crippen LogP contribution in [0.25, 0.3) is 0 Å². The number of carboxylic acids is 1. The van der Waals surface area contributed by atoms with Gasteiger partial charge in [0.25, 0.3) is 0 Å². The number of amides is 1. The van der Waals surface area contributed by atoms with Gasteiger partial charge in [0.05, 0.1) is 6.10 Å². The molecule has 0 bridgehead atoms. The molecule has 0 saturated heterocycles. The van der Waals surface area contributed by atoms with Crippen molar-refractivity contribution in [2.45, 2.75) is 65.0 Å². The lowest BCUT2D eigenvalue weighted by molar-refractivity contribution is -0.153. The van der Waals surface area contributed by atoms with E-state index in [2.05, 4.69) is 5.32 Å². The molecule has 0 aromatic heterocycles. The monoisotopic (exact) mass is 333 g/mol. The normalized spacial score (nSPS) is 20.9. The third kappa shape index (κ3) is 4.08. The molecule has 132 valence electrons. The largest absolute Gasteiger partial charge is 0.491 e. The van der Waals surface area contributed by atoms with Crippen LogP contribution in [0.15, 0.2) is 24.3 Å². The number of benzene rings is 1. The molecule has 5 heteroatoms. The summed E-state index contributed by atoms with van der Waals surface area (Å²) < 4.78 is 5.66. The van der Waals surface area contributed by atoms with E-state index in [1.807, 2.05) is 38.1 Å². The van der Waals surface area contributed by atoms with Crippen molar-refractivity contribution < 1.29 is 19.4 Å². The third-order valence-corrected chi connectivity index (χ3v) is 4.61. The average molecular weight is 333 g/mol. The number of hydrogen-bond acceptors (Lipinski definition) is 3. The van der Waals surface area contributed by atoms with Gasteiger partial charge in [0.15, 0.2) is 0 Å². The predicted octanol–water partition coefficient (Wildman–Crippen LogP) is 3.34. The van der Waals surface area contributed by atoms with E-state index in [4.69, 9.17) is 4.74 Å². The van der Waals surface area contributed by atoms with Crippen LogP contribution >= 0.6 is 0 Å². The maximum Gasteiger partial charge on any atom is 0.318 e. The minimum absolute atomic E-state index is 0.0204. The molecular weight excluding hydrogens is 306 g/mol. The first kappa shape index (κ1) is 18.3. The van der Waals surface area contributed by atoms with Gasteiger partial charge in [-0.15, -0.1) is 0 Å². The van der Waals surface area contributed by atoms with E-state index in [1.165, 1.54) is 13.8 Å². The molecule has 1 fully saturated rings. The van der Waals surface area contributed by atoms with Crippen LogP contribution in [0.3, 0.4) is 0 Å². The van der Waals surface area contributed by atoms with Crippen molar-refractivity contribution in [1.82, 2.24) is 5.32 Å². The Labute approximate surface area is 143 Å². The number of carbonyl (C=O) groups is 2. The molecule has 0 heterocycles. The Morgan fingerprint density at radius 1 is 1.21 bits per heavy atom. The van der Waals surface area contributed by atoms with E-state index in [1.54, 1.807) is 0 Å². The van der Waals surface area contributed by atoms with E-state index in [-0.39, 0.29) is 18.1 Å². The fourth-order valence-corrected chi connectivity index (χ4v) is 3.04. The summed E-state index contributed by atoms with van der Waals surface area (Å²) in [5.74, 6) is -0.484. The van der Waals surface area contributed by atoms with Crippen molar-refractivity contribution in [1.29, 1.82) is 0 Å². The molecule has 2 rings (SSSR count). The second-order valence-electron chi connectivity index (χ2n) is 7.28. The van der Waals surface area contributed by atoms with Crippen LogP contribution in [0.2, 0.25) is 0 Å². The molecule has 1 aromatic rings. The highest BCUT2D eigenvalue weighted by Gasteiger charge is 2.39. The number of rotatable bonds is 6. The summed E-state index contributed by atoms with van der Waals surface area (Å²) in [7, 11) is 0. The van der Waals surface area contributed by atoms with Crippen LogP contribution in [-0.4, -0.2) is 29.1 Å². The quantitative estimate of drug-likeness (QED) is 0.783. The van der Waals surface area contributed by atoms with Gasteiger partial charge in [-0.05, 0) is 58.2 Å². The highest BCUT2D eigenvalue weighted by atomic mass is 16.5. The molecule has 1 amide bonds. The molecule has 24 heavy (non-hydrogen) atoms. The number of ether oxygens (including phenoxy) is 1.